The molecular formula is C27H24O2. The molecule has 2 heteroatoms. The summed E-state index contributed by atoms with van der Waals surface area (Å²) in [4.78, 5) is 0. The smallest absolute Gasteiger partial charge is 0.123 e. The highest BCUT2D eigenvalue weighted by atomic mass is 16.3. The lowest BCUT2D eigenvalue weighted by atomic mass is 9.70. The Balaban J connectivity index is 1.97. The van der Waals surface area contributed by atoms with Gasteiger partial charge in [0.2, 0.25) is 0 Å². The Kier molecular flexibility index (Phi) is 4.85. The molecule has 0 saturated carbocycles. The largest absolute Gasteiger partial charge is 0.507 e. The minimum atomic E-state index is -0.412. The molecule has 0 spiro atoms. The Labute approximate surface area is 171 Å². The predicted octanol–water partition coefficient (Wildman–Crippen LogP) is 6.43. The second kappa shape index (κ2) is 7.48. The molecule has 0 aliphatic rings. The molecule has 0 heterocycles. The van der Waals surface area contributed by atoms with Crippen molar-refractivity contribution in [3.8, 4) is 22.6 Å². The molecule has 0 saturated heterocycles. The highest BCUT2D eigenvalue weighted by Gasteiger charge is 2.31. The minimum Gasteiger partial charge on any atom is -0.507 e. The van der Waals surface area contributed by atoms with Gasteiger partial charge in [-0.2, -0.15) is 0 Å². The fourth-order valence-electron chi connectivity index (χ4n) is 3.97. The Morgan fingerprint density at radius 3 is 1.59 bits per heavy atom. The Morgan fingerprint density at radius 2 is 1.03 bits per heavy atom. The summed E-state index contributed by atoms with van der Waals surface area (Å²) in [6.45, 7) is 4.17. The van der Waals surface area contributed by atoms with E-state index in [9.17, 15) is 10.2 Å². The Morgan fingerprint density at radius 1 is 0.552 bits per heavy atom. The maximum absolute atomic E-state index is 10.6. The standard InChI is InChI=1S/C27H24O2/c1-19-13-15-25(28)23(17-19)24-18-22(14-16-26(24)29)27(2,20-9-5-3-6-10-20)21-11-7-4-8-12-21/h3-18,28-29H,1-2H3. The number of aromatic hydroxyl groups is 2. The van der Waals surface area contributed by atoms with Gasteiger partial charge in [-0.25, -0.2) is 0 Å². The van der Waals surface area contributed by atoms with Gasteiger partial charge >= 0.3 is 0 Å². The van der Waals surface area contributed by atoms with Crippen LogP contribution < -0.4 is 0 Å². The molecule has 29 heavy (non-hydrogen) atoms. The minimum absolute atomic E-state index is 0.151. The van der Waals surface area contributed by atoms with Crippen LogP contribution in [0.3, 0.4) is 0 Å². The highest BCUT2D eigenvalue weighted by Crippen LogP contribution is 2.43. The van der Waals surface area contributed by atoms with Gasteiger partial charge < -0.3 is 10.2 Å². The highest BCUT2D eigenvalue weighted by molar-refractivity contribution is 5.77. The Bertz CT molecular complexity index is 1090. The zero-order chi connectivity index (χ0) is 20.4. The van der Waals surface area contributed by atoms with Crippen molar-refractivity contribution in [1.29, 1.82) is 0 Å². The van der Waals surface area contributed by atoms with Gasteiger partial charge in [-0.05, 0) is 54.8 Å². The van der Waals surface area contributed by atoms with E-state index in [1.165, 1.54) is 0 Å². The lowest BCUT2D eigenvalue weighted by molar-refractivity contribution is 0.468. The van der Waals surface area contributed by atoms with E-state index < -0.39 is 5.41 Å². The number of rotatable bonds is 4. The van der Waals surface area contributed by atoms with Crippen molar-refractivity contribution in [1.82, 2.24) is 0 Å². The van der Waals surface area contributed by atoms with Crippen LogP contribution >= 0.6 is 0 Å². The van der Waals surface area contributed by atoms with Crippen molar-refractivity contribution >= 4 is 0 Å². The fourth-order valence-corrected chi connectivity index (χ4v) is 3.97. The summed E-state index contributed by atoms with van der Waals surface area (Å²) in [7, 11) is 0. The molecule has 2 nitrogen and oxygen atoms in total. The Hall–Kier alpha value is -3.52. The first-order chi connectivity index (χ1) is 14.0. The molecule has 4 aromatic carbocycles. The molecule has 0 fully saturated rings. The molecule has 0 aliphatic heterocycles. The van der Waals surface area contributed by atoms with Crippen LogP contribution in [0.2, 0.25) is 0 Å². The summed E-state index contributed by atoms with van der Waals surface area (Å²) >= 11 is 0. The molecule has 0 aromatic heterocycles. The van der Waals surface area contributed by atoms with Gasteiger partial charge in [0.1, 0.15) is 11.5 Å². The third-order valence-electron chi connectivity index (χ3n) is 5.72. The van der Waals surface area contributed by atoms with Crippen molar-refractivity contribution in [2.45, 2.75) is 19.3 Å². The molecule has 0 atom stereocenters. The van der Waals surface area contributed by atoms with Crippen LogP contribution in [0, 0.1) is 6.92 Å². The normalized spacial score (nSPS) is 11.4. The van der Waals surface area contributed by atoms with Crippen LogP contribution in [-0.2, 0) is 5.41 Å². The van der Waals surface area contributed by atoms with E-state index in [0.717, 1.165) is 22.3 Å². The van der Waals surface area contributed by atoms with E-state index in [-0.39, 0.29) is 11.5 Å². The first kappa shape index (κ1) is 18.8. The summed E-state index contributed by atoms with van der Waals surface area (Å²) < 4.78 is 0. The van der Waals surface area contributed by atoms with Crippen LogP contribution in [0.5, 0.6) is 11.5 Å². The van der Waals surface area contributed by atoms with Crippen molar-refractivity contribution in [2.24, 2.45) is 0 Å². The second-order valence-electron chi connectivity index (χ2n) is 7.61. The number of benzene rings is 4. The fraction of sp³-hybridized carbons (Fsp3) is 0.111. The predicted molar refractivity (Wildman–Crippen MR) is 118 cm³/mol. The maximum atomic E-state index is 10.6. The summed E-state index contributed by atoms with van der Waals surface area (Å²) in [6, 6.07) is 31.8. The molecule has 0 aliphatic carbocycles. The number of phenolic OH excluding ortho intramolecular Hbond substituents is 2. The number of hydrogen-bond donors (Lipinski definition) is 2. The lowest BCUT2D eigenvalue weighted by Gasteiger charge is -2.32. The molecule has 0 amide bonds. The molecule has 2 N–H and O–H groups in total. The molecular weight excluding hydrogens is 356 g/mol. The van der Waals surface area contributed by atoms with Crippen molar-refractivity contribution < 1.29 is 10.2 Å². The van der Waals surface area contributed by atoms with Gasteiger partial charge in [-0.1, -0.05) is 78.4 Å². The van der Waals surface area contributed by atoms with Crippen molar-refractivity contribution in [3.63, 3.8) is 0 Å². The SMILES string of the molecule is Cc1ccc(O)c(-c2cc(C(C)(c3ccccc3)c3ccccc3)ccc2O)c1. The molecule has 4 aromatic rings. The zero-order valence-electron chi connectivity index (χ0n) is 16.6. The summed E-state index contributed by atoms with van der Waals surface area (Å²) in [5.41, 5.74) is 5.24. The third kappa shape index (κ3) is 3.38. The van der Waals surface area contributed by atoms with Gasteiger partial charge in [0.15, 0.2) is 0 Å². The second-order valence-corrected chi connectivity index (χ2v) is 7.61. The van der Waals surface area contributed by atoms with E-state index in [1.54, 1.807) is 12.1 Å². The first-order valence-electron chi connectivity index (χ1n) is 9.74. The number of hydrogen-bond acceptors (Lipinski definition) is 2. The van der Waals surface area contributed by atoms with E-state index in [1.807, 2.05) is 67.6 Å². The number of aryl methyl sites for hydroxylation is 1. The summed E-state index contributed by atoms with van der Waals surface area (Å²) in [5, 5.41) is 21.0. The molecule has 0 unspecified atom stereocenters. The van der Waals surface area contributed by atoms with Crippen LogP contribution in [0.15, 0.2) is 97.1 Å². The summed E-state index contributed by atoms with van der Waals surface area (Å²) in [5.74, 6) is 0.308. The van der Waals surface area contributed by atoms with Crippen LogP contribution in [-0.4, -0.2) is 10.2 Å². The maximum Gasteiger partial charge on any atom is 0.123 e. The molecule has 4 rings (SSSR count). The van der Waals surface area contributed by atoms with E-state index in [2.05, 4.69) is 31.2 Å². The van der Waals surface area contributed by atoms with E-state index in [4.69, 9.17) is 0 Å². The van der Waals surface area contributed by atoms with Crippen molar-refractivity contribution in [2.75, 3.05) is 0 Å². The van der Waals surface area contributed by atoms with Gasteiger partial charge in [0, 0.05) is 16.5 Å². The van der Waals surface area contributed by atoms with E-state index in [0.29, 0.717) is 11.1 Å². The summed E-state index contributed by atoms with van der Waals surface area (Å²) in [6.07, 6.45) is 0. The van der Waals surface area contributed by atoms with Gasteiger partial charge in [-0.3, -0.25) is 0 Å². The molecule has 144 valence electrons. The topological polar surface area (TPSA) is 40.5 Å². The zero-order valence-corrected chi connectivity index (χ0v) is 16.6. The molecule has 0 bridgehead atoms. The van der Waals surface area contributed by atoms with Crippen LogP contribution in [0.1, 0.15) is 29.2 Å². The van der Waals surface area contributed by atoms with Crippen LogP contribution in [0.4, 0.5) is 0 Å². The van der Waals surface area contributed by atoms with Gasteiger partial charge in [0.05, 0.1) is 0 Å². The van der Waals surface area contributed by atoms with E-state index >= 15 is 0 Å². The van der Waals surface area contributed by atoms with Crippen molar-refractivity contribution in [3.05, 3.63) is 119 Å². The number of phenols is 2. The van der Waals surface area contributed by atoms with Gasteiger partial charge in [0.25, 0.3) is 0 Å². The average Bonchev–Trinajstić information content (AvgIpc) is 2.76. The molecule has 0 radical (unpaired) electrons. The third-order valence-corrected chi connectivity index (χ3v) is 5.72. The quantitative estimate of drug-likeness (QED) is 0.401. The first-order valence-corrected chi connectivity index (χ1v) is 9.74. The lowest BCUT2D eigenvalue weighted by Crippen LogP contribution is -2.25. The van der Waals surface area contributed by atoms with Gasteiger partial charge in [-0.15, -0.1) is 0 Å². The van der Waals surface area contributed by atoms with Crippen LogP contribution in [0.25, 0.3) is 11.1 Å². The monoisotopic (exact) mass is 380 g/mol. The average molecular weight is 380 g/mol.